The van der Waals surface area contributed by atoms with E-state index in [9.17, 15) is 4.79 Å². The molecule has 0 unspecified atom stereocenters. The van der Waals surface area contributed by atoms with Gasteiger partial charge in [-0.1, -0.05) is 35.5 Å². The zero-order chi connectivity index (χ0) is 11.0. The van der Waals surface area contributed by atoms with Gasteiger partial charge in [0.2, 0.25) is 0 Å². The Morgan fingerprint density at radius 1 is 1.25 bits per heavy atom. The van der Waals surface area contributed by atoms with Gasteiger partial charge in [0.05, 0.1) is 6.04 Å². The molecule has 0 atom stereocenters. The van der Waals surface area contributed by atoms with Gasteiger partial charge in [-0.15, -0.1) is 5.10 Å². The zero-order valence-electron chi connectivity index (χ0n) is 8.71. The maximum Gasteiger partial charge on any atom is 0.170 e. The smallest absolute Gasteiger partial charge is 0.170 e. The molecule has 1 aliphatic rings. The SMILES string of the molecule is O=Cc1c(-c2ccccc2)nnn1C1CC1. The average molecular weight is 213 g/mol. The lowest BCUT2D eigenvalue weighted by Gasteiger charge is -1.99. The second kappa shape index (κ2) is 3.56. The molecule has 0 amide bonds. The highest BCUT2D eigenvalue weighted by Gasteiger charge is 2.28. The first-order chi connectivity index (χ1) is 7.90. The normalized spacial score (nSPS) is 15.0. The van der Waals surface area contributed by atoms with Crippen molar-refractivity contribution in [2.45, 2.75) is 18.9 Å². The molecule has 0 N–H and O–H groups in total. The van der Waals surface area contributed by atoms with E-state index < -0.39 is 0 Å². The van der Waals surface area contributed by atoms with E-state index >= 15 is 0 Å². The minimum atomic E-state index is 0.380. The summed E-state index contributed by atoms with van der Waals surface area (Å²) in [7, 11) is 0. The van der Waals surface area contributed by atoms with Gasteiger partial charge in [-0.05, 0) is 12.8 Å². The Hall–Kier alpha value is -1.97. The number of carbonyl (C=O) groups excluding carboxylic acids is 1. The van der Waals surface area contributed by atoms with Crippen LogP contribution in [0.5, 0.6) is 0 Å². The van der Waals surface area contributed by atoms with E-state index in [2.05, 4.69) is 10.3 Å². The van der Waals surface area contributed by atoms with E-state index in [0.29, 0.717) is 17.4 Å². The van der Waals surface area contributed by atoms with Crippen molar-refractivity contribution in [3.63, 3.8) is 0 Å². The minimum absolute atomic E-state index is 0.380. The van der Waals surface area contributed by atoms with E-state index in [-0.39, 0.29) is 0 Å². The molecule has 0 saturated heterocycles. The number of carbonyl (C=O) groups is 1. The molecule has 3 rings (SSSR count). The summed E-state index contributed by atoms with van der Waals surface area (Å²) in [4.78, 5) is 11.1. The molecular formula is C12H11N3O. The Kier molecular flexibility index (Phi) is 2.06. The molecule has 1 aromatic heterocycles. The Balaban J connectivity index is 2.10. The standard InChI is InChI=1S/C12H11N3O/c16-8-11-12(9-4-2-1-3-5-9)13-14-15(11)10-6-7-10/h1-5,8,10H,6-7H2. The van der Waals surface area contributed by atoms with Crippen LogP contribution in [0.4, 0.5) is 0 Å². The lowest BCUT2D eigenvalue weighted by Crippen LogP contribution is -2.01. The third-order valence-electron chi connectivity index (χ3n) is 2.78. The summed E-state index contributed by atoms with van der Waals surface area (Å²) in [6.45, 7) is 0. The first-order valence-corrected chi connectivity index (χ1v) is 5.36. The number of aromatic nitrogens is 3. The number of rotatable bonds is 3. The monoisotopic (exact) mass is 213 g/mol. The molecule has 1 fully saturated rings. The molecule has 0 aliphatic heterocycles. The molecule has 1 aromatic carbocycles. The van der Waals surface area contributed by atoms with Crippen LogP contribution >= 0.6 is 0 Å². The van der Waals surface area contributed by atoms with E-state index in [0.717, 1.165) is 24.7 Å². The molecular weight excluding hydrogens is 202 g/mol. The molecule has 4 heteroatoms. The van der Waals surface area contributed by atoms with E-state index in [1.54, 1.807) is 4.68 Å². The Labute approximate surface area is 92.9 Å². The average Bonchev–Trinajstić information content (AvgIpc) is 3.09. The van der Waals surface area contributed by atoms with Crippen LogP contribution in [0.15, 0.2) is 30.3 Å². The highest BCUT2D eigenvalue weighted by Crippen LogP contribution is 2.36. The topological polar surface area (TPSA) is 47.8 Å². The second-order valence-electron chi connectivity index (χ2n) is 3.98. The molecule has 0 radical (unpaired) electrons. The summed E-state index contributed by atoms with van der Waals surface area (Å²) in [6, 6.07) is 10.1. The first-order valence-electron chi connectivity index (χ1n) is 5.36. The quantitative estimate of drug-likeness (QED) is 0.733. The first kappa shape index (κ1) is 9.27. The summed E-state index contributed by atoms with van der Waals surface area (Å²) in [5.41, 5.74) is 2.22. The van der Waals surface area contributed by atoms with Crippen molar-refractivity contribution in [3.8, 4) is 11.3 Å². The van der Waals surface area contributed by atoms with E-state index in [1.807, 2.05) is 30.3 Å². The fourth-order valence-corrected chi connectivity index (χ4v) is 1.80. The predicted octanol–water partition coefficient (Wildman–Crippen LogP) is 2.09. The minimum Gasteiger partial charge on any atom is -0.296 e. The van der Waals surface area contributed by atoms with Crippen molar-refractivity contribution < 1.29 is 4.79 Å². The molecule has 80 valence electrons. The number of hydrogen-bond donors (Lipinski definition) is 0. The molecule has 16 heavy (non-hydrogen) atoms. The number of nitrogens with zero attached hydrogens (tertiary/aromatic N) is 3. The fourth-order valence-electron chi connectivity index (χ4n) is 1.80. The molecule has 4 nitrogen and oxygen atoms in total. The van der Waals surface area contributed by atoms with Gasteiger partial charge in [0.15, 0.2) is 6.29 Å². The predicted molar refractivity (Wildman–Crippen MR) is 59.1 cm³/mol. The molecule has 0 spiro atoms. The molecule has 1 saturated carbocycles. The van der Waals surface area contributed by atoms with Gasteiger partial charge >= 0.3 is 0 Å². The van der Waals surface area contributed by atoms with Gasteiger partial charge in [-0.25, -0.2) is 4.68 Å². The Bertz CT molecular complexity index is 514. The molecule has 2 aromatic rings. The van der Waals surface area contributed by atoms with Crippen LogP contribution in [0, 0.1) is 0 Å². The third kappa shape index (κ3) is 1.43. The van der Waals surface area contributed by atoms with Crippen LogP contribution in [0.3, 0.4) is 0 Å². The van der Waals surface area contributed by atoms with Crippen LogP contribution in [-0.4, -0.2) is 21.3 Å². The summed E-state index contributed by atoms with van der Waals surface area (Å²) in [5.74, 6) is 0. The van der Waals surface area contributed by atoms with Crippen molar-refractivity contribution >= 4 is 6.29 Å². The summed E-state index contributed by atoms with van der Waals surface area (Å²) < 4.78 is 1.75. The summed E-state index contributed by atoms with van der Waals surface area (Å²) in [6.07, 6.45) is 3.04. The van der Waals surface area contributed by atoms with Crippen LogP contribution in [0.1, 0.15) is 29.4 Å². The number of benzene rings is 1. The maximum absolute atomic E-state index is 11.1. The van der Waals surface area contributed by atoms with Crippen molar-refractivity contribution in [2.75, 3.05) is 0 Å². The van der Waals surface area contributed by atoms with Gasteiger partial charge < -0.3 is 0 Å². The Morgan fingerprint density at radius 3 is 2.62 bits per heavy atom. The largest absolute Gasteiger partial charge is 0.296 e. The number of aldehydes is 1. The van der Waals surface area contributed by atoms with Crippen molar-refractivity contribution in [2.24, 2.45) is 0 Å². The van der Waals surface area contributed by atoms with Gasteiger partial charge in [-0.3, -0.25) is 4.79 Å². The van der Waals surface area contributed by atoms with Crippen LogP contribution in [0.25, 0.3) is 11.3 Å². The number of hydrogen-bond acceptors (Lipinski definition) is 3. The molecule has 1 aliphatic carbocycles. The van der Waals surface area contributed by atoms with Gasteiger partial charge in [0, 0.05) is 5.56 Å². The van der Waals surface area contributed by atoms with E-state index in [4.69, 9.17) is 0 Å². The lowest BCUT2D eigenvalue weighted by atomic mass is 10.1. The van der Waals surface area contributed by atoms with Gasteiger partial charge in [0.1, 0.15) is 11.4 Å². The van der Waals surface area contributed by atoms with E-state index in [1.165, 1.54) is 0 Å². The second-order valence-corrected chi connectivity index (χ2v) is 3.98. The molecule has 0 bridgehead atoms. The Morgan fingerprint density at radius 2 is 2.00 bits per heavy atom. The zero-order valence-corrected chi connectivity index (χ0v) is 8.71. The van der Waals surface area contributed by atoms with Crippen LogP contribution in [-0.2, 0) is 0 Å². The van der Waals surface area contributed by atoms with Gasteiger partial charge in [0.25, 0.3) is 0 Å². The lowest BCUT2D eigenvalue weighted by molar-refractivity contribution is 0.111. The van der Waals surface area contributed by atoms with Gasteiger partial charge in [-0.2, -0.15) is 0 Å². The van der Waals surface area contributed by atoms with Crippen molar-refractivity contribution in [1.82, 2.24) is 15.0 Å². The van der Waals surface area contributed by atoms with Crippen LogP contribution < -0.4 is 0 Å². The van der Waals surface area contributed by atoms with Crippen molar-refractivity contribution in [1.29, 1.82) is 0 Å². The third-order valence-corrected chi connectivity index (χ3v) is 2.78. The van der Waals surface area contributed by atoms with Crippen LogP contribution in [0.2, 0.25) is 0 Å². The highest BCUT2D eigenvalue weighted by molar-refractivity contribution is 5.83. The highest BCUT2D eigenvalue weighted by atomic mass is 16.1. The van der Waals surface area contributed by atoms with Crippen molar-refractivity contribution in [3.05, 3.63) is 36.0 Å². The summed E-state index contributed by atoms with van der Waals surface area (Å²) >= 11 is 0. The maximum atomic E-state index is 11.1. The molecule has 1 heterocycles. The summed E-state index contributed by atoms with van der Waals surface area (Å²) in [5, 5.41) is 8.16. The fraction of sp³-hybridized carbons (Fsp3) is 0.250.